The molecule has 4 nitrogen and oxygen atoms in total. The molecule has 0 bridgehead atoms. The fourth-order valence-corrected chi connectivity index (χ4v) is 4.10. The predicted molar refractivity (Wildman–Crippen MR) is 98.0 cm³/mol. The molecule has 24 heavy (non-hydrogen) atoms. The predicted octanol–water partition coefficient (Wildman–Crippen LogP) is 2.62. The summed E-state index contributed by atoms with van der Waals surface area (Å²) in [4.78, 5) is 3.38. The molecule has 0 amide bonds. The first-order valence-corrected chi connectivity index (χ1v) is 8.57. The Kier molecular flexibility index (Phi) is 4.34. The van der Waals surface area contributed by atoms with Gasteiger partial charge >= 0.3 is 0 Å². The van der Waals surface area contributed by atoms with E-state index >= 15 is 0 Å². The maximum absolute atomic E-state index is 11.8. The van der Waals surface area contributed by atoms with E-state index in [4.69, 9.17) is 12.2 Å². The van der Waals surface area contributed by atoms with Gasteiger partial charge in [-0.2, -0.15) is 0 Å². The van der Waals surface area contributed by atoms with E-state index in [9.17, 15) is 10.2 Å². The molecule has 0 saturated carbocycles. The zero-order chi connectivity index (χ0) is 17.4. The highest BCUT2D eigenvalue weighted by Crippen LogP contribution is 2.51. The van der Waals surface area contributed by atoms with Crippen LogP contribution in [0.1, 0.15) is 25.0 Å². The first kappa shape index (κ1) is 16.9. The van der Waals surface area contributed by atoms with Gasteiger partial charge in [0.2, 0.25) is 11.4 Å². The van der Waals surface area contributed by atoms with Crippen molar-refractivity contribution in [1.82, 2.24) is 9.80 Å². The van der Waals surface area contributed by atoms with Crippen LogP contribution in [0.25, 0.3) is 0 Å². The van der Waals surface area contributed by atoms with Crippen LogP contribution in [-0.2, 0) is 11.4 Å². The van der Waals surface area contributed by atoms with Crippen molar-refractivity contribution in [2.75, 3.05) is 13.1 Å². The molecule has 1 heterocycles. The van der Waals surface area contributed by atoms with Crippen molar-refractivity contribution in [3.8, 4) is 0 Å². The molecule has 1 aliphatic rings. The van der Waals surface area contributed by atoms with Crippen LogP contribution in [0.3, 0.4) is 0 Å². The van der Waals surface area contributed by atoms with E-state index < -0.39 is 11.4 Å². The van der Waals surface area contributed by atoms with Gasteiger partial charge in [-0.15, -0.1) is 0 Å². The summed E-state index contributed by atoms with van der Waals surface area (Å²) in [5, 5.41) is 24.1. The van der Waals surface area contributed by atoms with Gasteiger partial charge in [-0.1, -0.05) is 60.7 Å². The third-order valence-corrected chi connectivity index (χ3v) is 5.16. The second-order valence-corrected chi connectivity index (χ2v) is 6.21. The molecular formula is C19H22N2O2S. The summed E-state index contributed by atoms with van der Waals surface area (Å²) in [5.41, 5.74) is -2.12. The van der Waals surface area contributed by atoms with Gasteiger partial charge in [-0.3, -0.25) is 0 Å². The van der Waals surface area contributed by atoms with E-state index in [0.29, 0.717) is 29.3 Å². The Balaban J connectivity index is 2.31. The Hall–Kier alpha value is -1.95. The van der Waals surface area contributed by atoms with Gasteiger partial charge in [0, 0.05) is 24.2 Å². The molecule has 0 aliphatic carbocycles. The lowest BCUT2D eigenvalue weighted by molar-refractivity contribution is -0.243. The van der Waals surface area contributed by atoms with E-state index in [0.717, 1.165) is 0 Å². The van der Waals surface area contributed by atoms with Crippen molar-refractivity contribution >= 4 is 17.3 Å². The molecule has 0 unspecified atom stereocenters. The molecular weight excluding hydrogens is 320 g/mol. The van der Waals surface area contributed by atoms with Crippen molar-refractivity contribution in [3.05, 3.63) is 71.8 Å². The van der Waals surface area contributed by atoms with Crippen LogP contribution in [0.4, 0.5) is 0 Å². The maximum atomic E-state index is 11.8. The van der Waals surface area contributed by atoms with Crippen LogP contribution in [-0.4, -0.2) is 38.2 Å². The molecule has 2 atom stereocenters. The Morgan fingerprint density at radius 3 is 1.38 bits per heavy atom. The van der Waals surface area contributed by atoms with Crippen LogP contribution in [0.2, 0.25) is 0 Å². The van der Waals surface area contributed by atoms with Crippen LogP contribution in [0, 0.1) is 0 Å². The van der Waals surface area contributed by atoms with Gasteiger partial charge in [0.1, 0.15) is 0 Å². The molecule has 1 aliphatic heterocycles. The molecule has 5 heteroatoms. The highest BCUT2D eigenvalue weighted by Gasteiger charge is 2.65. The molecule has 3 rings (SSSR count). The summed E-state index contributed by atoms with van der Waals surface area (Å²) in [6.07, 6.45) is 0. The smallest absolute Gasteiger partial charge is 0.220 e. The number of likely N-dealkylation sites (N-methyl/N-ethyl adjacent to an activating group) is 2. The van der Waals surface area contributed by atoms with Gasteiger partial charge in [-0.05, 0) is 26.1 Å². The van der Waals surface area contributed by atoms with Crippen molar-refractivity contribution in [1.29, 1.82) is 0 Å². The summed E-state index contributed by atoms with van der Waals surface area (Å²) in [6, 6.07) is 18.4. The van der Waals surface area contributed by atoms with Crippen LogP contribution in [0.15, 0.2) is 60.7 Å². The highest BCUT2D eigenvalue weighted by molar-refractivity contribution is 7.80. The maximum Gasteiger partial charge on any atom is 0.220 e. The molecule has 126 valence electrons. The standard InChI is InChI=1S/C19H22N2O2S/c1-3-20-17(24)21(4-2)19(23,16-13-9-6-10-14-16)18(20,22)15-11-7-5-8-12-15/h5-14,22-23H,3-4H2,1-2H3/t18-,19-/m1/s1. The van der Waals surface area contributed by atoms with Crippen molar-refractivity contribution in [2.24, 2.45) is 0 Å². The second kappa shape index (κ2) is 6.16. The number of hydrogen-bond donors (Lipinski definition) is 2. The lowest BCUT2D eigenvalue weighted by Gasteiger charge is -2.43. The topological polar surface area (TPSA) is 46.9 Å². The Morgan fingerprint density at radius 1 is 0.750 bits per heavy atom. The minimum absolute atomic E-state index is 0.442. The molecule has 2 aromatic carbocycles. The number of nitrogens with zero attached hydrogens (tertiary/aromatic N) is 2. The molecule has 0 aromatic heterocycles. The summed E-state index contributed by atoms with van der Waals surface area (Å²) < 4.78 is 0. The number of hydrogen-bond acceptors (Lipinski definition) is 3. The van der Waals surface area contributed by atoms with Crippen molar-refractivity contribution in [2.45, 2.75) is 25.3 Å². The third-order valence-electron chi connectivity index (χ3n) is 4.71. The zero-order valence-electron chi connectivity index (χ0n) is 13.9. The van der Waals surface area contributed by atoms with Gasteiger partial charge in [0.05, 0.1) is 0 Å². The Bertz CT molecular complexity index is 663. The second-order valence-electron chi connectivity index (χ2n) is 5.85. The lowest BCUT2D eigenvalue weighted by atomic mass is 9.85. The van der Waals surface area contributed by atoms with E-state index in [1.807, 2.05) is 74.5 Å². The van der Waals surface area contributed by atoms with Gasteiger partial charge < -0.3 is 20.0 Å². The van der Waals surface area contributed by atoms with Gasteiger partial charge in [0.15, 0.2) is 5.11 Å². The summed E-state index contributed by atoms with van der Waals surface area (Å²) in [5.74, 6) is 0. The SMILES string of the molecule is CCN1C(=S)N(CC)[C@@](O)(c2ccccc2)[C@]1(O)c1ccccc1. The molecule has 1 fully saturated rings. The fourth-order valence-electron chi connectivity index (χ4n) is 3.58. The summed E-state index contributed by atoms with van der Waals surface area (Å²) in [7, 11) is 0. The molecule has 1 saturated heterocycles. The minimum Gasteiger partial charge on any atom is -0.363 e. The van der Waals surface area contributed by atoms with Crippen molar-refractivity contribution in [3.63, 3.8) is 0 Å². The lowest BCUT2D eigenvalue weighted by Crippen LogP contribution is -2.57. The molecule has 0 spiro atoms. The van der Waals surface area contributed by atoms with Gasteiger partial charge in [0.25, 0.3) is 0 Å². The van der Waals surface area contributed by atoms with Gasteiger partial charge in [-0.25, -0.2) is 0 Å². The summed E-state index contributed by atoms with van der Waals surface area (Å²) in [6.45, 7) is 4.81. The molecule has 2 aromatic rings. The fraction of sp³-hybridized carbons (Fsp3) is 0.316. The largest absolute Gasteiger partial charge is 0.363 e. The molecule has 0 radical (unpaired) electrons. The summed E-state index contributed by atoms with van der Waals surface area (Å²) >= 11 is 5.59. The first-order chi connectivity index (χ1) is 11.5. The number of aliphatic hydroxyl groups is 2. The van der Waals surface area contributed by atoms with Crippen LogP contribution in [0.5, 0.6) is 0 Å². The Morgan fingerprint density at radius 2 is 1.08 bits per heavy atom. The van der Waals surface area contributed by atoms with E-state index in [1.54, 1.807) is 9.80 Å². The first-order valence-electron chi connectivity index (χ1n) is 8.16. The highest BCUT2D eigenvalue weighted by atomic mass is 32.1. The normalized spacial score (nSPS) is 26.9. The van der Waals surface area contributed by atoms with E-state index in [-0.39, 0.29) is 0 Å². The minimum atomic E-state index is -1.67. The number of thiocarbonyl (C=S) groups is 1. The third kappa shape index (κ3) is 2.09. The average molecular weight is 342 g/mol. The van der Waals surface area contributed by atoms with E-state index in [1.165, 1.54) is 0 Å². The van der Waals surface area contributed by atoms with E-state index in [2.05, 4.69) is 0 Å². The quantitative estimate of drug-likeness (QED) is 0.837. The average Bonchev–Trinajstić information content (AvgIpc) is 2.80. The van der Waals surface area contributed by atoms with Crippen molar-refractivity contribution < 1.29 is 10.2 Å². The Labute approximate surface area is 148 Å². The van der Waals surface area contributed by atoms with Crippen LogP contribution < -0.4 is 0 Å². The zero-order valence-corrected chi connectivity index (χ0v) is 14.7. The monoisotopic (exact) mass is 342 g/mol. The number of rotatable bonds is 4. The van der Waals surface area contributed by atoms with Crippen LogP contribution >= 0.6 is 12.2 Å². The molecule has 2 N–H and O–H groups in total. The number of benzene rings is 2.